The Morgan fingerprint density at radius 2 is 2.25 bits per heavy atom. The van der Waals surface area contributed by atoms with Crippen molar-refractivity contribution in [2.24, 2.45) is 0 Å². The molecule has 2 rings (SSSR count). The Balaban J connectivity index is 2.11. The highest BCUT2D eigenvalue weighted by Gasteiger charge is 2.18. The second-order valence-corrected chi connectivity index (χ2v) is 5.64. The van der Waals surface area contributed by atoms with Gasteiger partial charge >= 0.3 is 0 Å². The van der Waals surface area contributed by atoms with Gasteiger partial charge in [0, 0.05) is 18.8 Å². The van der Waals surface area contributed by atoms with Crippen LogP contribution in [0.4, 0.5) is 0 Å². The van der Waals surface area contributed by atoms with Crippen LogP contribution in [0.5, 0.6) is 0 Å². The Bertz CT molecular complexity index is 378. The third kappa shape index (κ3) is 2.98. The molecule has 5 heteroatoms. The van der Waals surface area contributed by atoms with Gasteiger partial charge in [-0.1, -0.05) is 6.07 Å². The summed E-state index contributed by atoms with van der Waals surface area (Å²) in [6, 6.07) is 5.44. The molecule has 1 fully saturated rings. The predicted octanol–water partition coefficient (Wildman–Crippen LogP) is 2.42. The molecule has 0 aromatic carbocycles. The third-order valence-corrected chi connectivity index (χ3v) is 3.93. The molecule has 16 heavy (non-hydrogen) atoms. The zero-order valence-electron chi connectivity index (χ0n) is 8.86. The van der Waals surface area contributed by atoms with E-state index in [1.165, 1.54) is 0 Å². The van der Waals surface area contributed by atoms with Gasteiger partial charge in [0.25, 0.3) is 5.91 Å². The highest BCUT2D eigenvalue weighted by molar-refractivity contribution is 9.10. The van der Waals surface area contributed by atoms with Gasteiger partial charge in [-0.3, -0.25) is 4.79 Å². The minimum atomic E-state index is 0.0452. The molecule has 1 aliphatic rings. The van der Waals surface area contributed by atoms with E-state index in [9.17, 15) is 4.79 Å². The van der Waals surface area contributed by atoms with Gasteiger partial charge in [-0.25, -0.2) is 4.98 Å². The van der Waals surface area contributed by atoms with Crippen molar-refractivity contribution >= 4 is 33.6 Å². The lowest BCUT2D eigenvalue weighted by atomic mass is 10.3. The van der Waals surface area contributed by atoms with E-state index >= 15 is 0 Å². The molecule has 1 amide bonds. The number of carbonyl (C=O) groups excluding carboxylic acids is 1. The first-order chi connectivity index (χ1) is 7.77. The van der Waals surface area contributed by atoms with Crippen LogP contribution in [-0.2, 0) is 0 Å². The fourth-order valence-electron chi connectivity index (χ4n) is 1.64. The average Bonchev–Trinajstić information content (AvgIpc) is 2.56. The van der Waals surface area contributed by atoms with E-state index in [4.69, 9.17) is 0 Å². The molecule has 0 spiro atoms. The molecule has 0 bridgehead atoms. The second-order valence-electron chi connectivity index (χ2n) is 3.60. The molecular formula is C11H13BrN2OS. The molecule has 0 unspecified atom stereocenters. The number of amides is 1. The van der Waals surface area contributed by atoms with Gasteiger partial charge in [-0.2, -0.15) is 11.8 Å². The molecule has 0 atom stereocenters. The average molecular weight is 301 g/mol. The number of pyridine rings is 1. The summed E-state index contributed by atoms with van der Waals surface area (Å²) in [5, 5.41) is 0. The summed E-state index contributed by atoms with van der Waals surface area (Å²) in [7, 11) is 0. The molecule has 0 N–H and O–H groups in total. The molecule has 1 aliphatic heterocycles. The SMILES string of the molecule is O=C(c1cccc(Br)n1)N1CCCSCC1. The second kappa shape index (κ2) is 5.68. The predicted molar refractivity (Wildman–Crippen MR) is 69.8 cm³/mol. The minimum Gasteiger partial charge on any atom is -0.336 e. The maximum Gasteiger partial charge on any atom is 0.272 e. The van der Waals surface area contributed by atoms with E-state index in [-0.39, 0.29) is 5.91 Å². The van der Waals surface area contributed by atoms with Crippen molar-refractivity contribution in [2.45, 2.75) is 6.42 Å². The van der Waals surface area contributed by atoms with Gasteiger partial charge < -0.3 is 4.90 Å². The molecule has 3 nitrogen and oxygen atoms in total. The van der Waals surface area contributed by atoms with Crippen LogP contribution in [0, 0.1) is 0 Å². The van der Waals surface area contributed by atoms with Crippen molar-refractivity contribution in [3.05, 3.63) is 28.5 Å². The number of thioether (sulfide) groups is 1. The summed E-state index contributed by atoms with van der Waals surface area (Å²) in [6.07, 6.45) is 1.07. The van der Waals surface area contributed by atoms with E-state index in [2.05, 4.69) is 20.9 Å². The first-order valence-electron chi connectivity index (χ1n) is 5.27. The van der Waals surface area contributed by atoms with E-state index in [0.29, 0.717) is 10.3 Å². The fourth-order valence-corrected chi connectivity index (χ4v) is 2.87. The van der Waals surface area contributed by atoms with Crippen molar-refractivity contribution in [1.82, 2.24) is 9.88 Å². The largest absolute Gasteiger partial charge is 0.336 e. The fraction of sp³-hybridized carbons (Fsp3) is 0.455. The van der Waals surface area contributed by atoms with Crippen LogP contribution in [-0.4, -0.2) is 40.4 Å². The number of rotatable bonds is 1. The van der Waals surface area contributed by atoms with Crippen molar-refractivity contribution in [2.75, 3.05) is 24.6 Å². The summed E-state index contributed by atoms with van der Waals surface area (Å²) >= 11 is 5.20. The van der Waals surface area contributed by atoms with Crippen LogP contribution in [0.2, 0.25) is 0 Å². The van der Waals surface area contributed by atoms with Crippen LogP contribution in [0.15, 0.2) is 22.8 Å². The van der Waals surface area contributed by atoms with E-state index in [1.807, 2.05) is 28.8 Å². The Hall–Kier alpha value is -0.550. The molecule has 1 saturated heterocycles. The van der Waals surface area contributed by atoms with Crippen molar-refractivity contribution in [1.29, 1.82) is 0 Å². The van der Waals surface area contributed by atoms with Gasteiger partial charge in [0.2, 0.25) is 0 Å². The smallest absolute Gasteiger partial charge is 0.272 e. The van der Waals surface area contributed by atoms with Gasteiger partial charge in [0.05, 0.1) is 0 Å². The first kappa shape index (κ1) is 11.9. The number of halogens is 1. The zero-order valence-corrected chi connectivity index (χ0v) is 11.3. The maximum atomic E-state index is 12.1. The summed E-state index contributed by atoms with van der Waals surface area (Å²) in [6.45, 7) is 1.68. The number of aromatic nitrogens is 1. The maximum absolute atomic E-state index is 12.1. The van der Waals surface area contributed by atoms with Crippen LogP contribution in [0.25, 0.3) is 0 Å². The van der Waals surface area contributed by atoms with E-state index in [0.717, 1.165) is 31.0 Å². The van der Waals surface area contributed by atoms with E-state index in [1.54, 1.807) is 6.07 Å². The molecule has 0 aliphatic carbocycles. The van der Waals surface area contributed by atoms with E-state index < -0.39 is 0 Å². The van der Waals surface area contributed by atoms with Gasteiger partial charge in [0.1, 0.15) is 10.3 Å². The Morgan fingerprint density at radius 1 is 1.38 bits per heavy atom. The molecule has 1 aromatic rings. The van der Waals surface area contributed by atoms with Crippen LogP contribution in [0.1, 0.15) is 16.9 Å². The van der Waals surface area contributed by atoms with Crippen LogP contribution in [0.3, 0.4) is 0 Å². The Kier molecular flexibility index (Phi) is 4.23. The number of carbonyl (C=O) groups is 1. The molecule has 1 aromatic heterocycles. The quantitative estimate of drug-likeness (QED) is 0.747. The number of hydrogen-bond donors (Lipinski definition) is 0. The van der Waals surface area contributed by atoms with Crippen molar-refractivity contribution < 1.29 is 4.79 Å². The molecular weight excluding hydrogens is 288 g/mol. The normalized spacial score (nSPS) is 16.9. The Labute approximate surface area is 108 Å². The number of hydrogen-bond acceptors (Lipinski definition) is 3. The summed E-state index contributed by atoms with van der Waals surface area (Å²) in [5.74, 6) is 2.22. The van der Waals surface area contributed by atoms with Gasteiger partial charge in [-0.15, -0.1) is 0 Å². The van der Waals surface area contributed by atoms with Gasteiger partial charge in [-0.05, 0) is 40.2 Å². The first-order valence-corrected chi connectivity index (χ1v) is 7.22. The Morgan fingerprint density at radius 3 is 3.06 bits per heavy atom. The summed E-state index contributed by atoms with van der Waals surface area (Å²) < 4.78 is 0.711. The highest BCUT2D eigenvalue weighted by atomic mass is 79.9. The molecule has 2 heterocycles. The molecule has 0 saturated carbocycles. The zero-order chi connectivity index (χ0) is 11.4. The molecule has 86 valence electrons. The lowest BCUT2D eigenvalue weighted by molar-refractivity contribution is 0.0762. The standard InChI is InChI=1S/C11H13BrN2OS/c12-10-4-1-3-9(13-10)11(15)14-5-2-7-16-8-6-14/h1,3-4H,2,5-8H2. The number of nitrogens with zero attached hydrogens (tertiary/aromatic N) is 2. The van der Waals surface area contributed by atoms with Gasteiger partial charge in [0.15, 0.2) is 0 Å². The summed E-state index contributed by atoms with van der Waals surface area (Å²) in [4.78, 5) is 18.2. The third-order valence-electron chi connectivity index (χ3n) is 2.44. The van der Waals surface area contributed by atoms with Crippen molar-refractivity contribution in [3.8, 4) is 0 Å². The lowest BCUT2D eigenvalue weighted by Gasteiger charge is -2.19. The minimum absolute atomic E-state index is 0.0452. The van der Waals surface area contributed by atoms with Crippen LogP contribution < -0.4 is 0 Å². The van der Waals surface area contributed by atoms with Crippen LogP contribution >= 0.6 is 27.7 Å². The molecule has 0 radical (unpaired) electrons. The topological polar surface area (TPSA) is 33.2 Å². The highest BCUT2D eigenvalue weighted by Crippen LogP contribution is 2.13. The van der Waals surface area contributed by atoms with Crippen molar-refractivity contribution in [3.63, 3.8) is 0 Å². The monoisotopic (exact) mass is 300 g/mol. The summed E-state index contributed by atoms with van der Waals surface area (Å²) in [5.41, 5.74) is 0.529. The lowest BCUT2D eigenvalue weighted by Crippen LogP contribution is -2.33.